The van der Waals surface area contributed by atoms with Crippen molar-refractivity contribution in [2.45, 2.75) is 13.3 Å². The van der Waals surface area contributed by atoms with E-state index in [1.54, 1.807) is 6.20 Å². The van der Waals surface area contributed by atoms with Crippen LogP contribution in [0.25, 0.3) is 22.3 Å². The van der Waals surface area contributed by atoms with E-state index in [9.17, 15) is 0 Å². The number of nitrogens with one attached hydrogen (secondary N) is 1. The van der Waals surface area contributed by atoms with Gasteiger partial charge in [-0.3, -0.25) is 5.10 Å². The van der Waals surface area contributed by atoms with E-state index < -0.39 is 0 Å². The number of hydrogen-bond acceptors (Lipinski definition) is 3. The van der Waals surface area contributed by atoms with Crippen LogP contribution < -0.4 is 0 Å². The first kappa shape index (κ1) is 11.2. The van der Waals surface area contributed by atoms with Crippen LogP contribution in [0.15, 0.2) is 30.5 Å². The van der Waals surface area contributed by atoms with Crippen LogP contribution in [0.2, 0.25) is 5.28 Å². The standard InChI is InChI=1S/C13H11ClN4/c1-2-8-4-3-5-9(6-8)11-10-7-15-18-12(10)17-13(14)16-11/h3-7H,2H2,1H3,(H,15,16,17,18). The summed E-state index contributed by atoms with van der Waals surface area (Å²) in [6.07, 6.45) is 2.71. The van der Waals surface area contributed by atoms with E-state index in [0.717, 1.165) is 23.1 Å². The number of rotatable bonds is 2. The molecule has 0 amide bonds. The van der Waals surface area contributed by atoms with Crippen LogP contribution in [0.3, 0.4) is 0 Å². The molecule has 0 aliphatic rings. The maximum atomic E-state index is 5.93. The van der Waals surface area contributed by atoms with Gasteiger partial charge in [-0.25, -0.2) is 4.98 Å². The number of benzene rings is 1. The number of aromatic amines is 1. The second-order valence-electron chi connectivity index (χ2n) is 4.03. The fraction of sp³-hybridized carbons (Fsp3) is 0.154. The second kappa shape index (κ2) is 4.38. The quantitative estimate of drug-likeness (QED) is 0.718. The molecule has 0 aliphatic heterocycles. The molecule has 3 rings (SSSR count). The van der Waals surface area contributed by atoms with Crippen LogP contribution in [0.5, 0.6) is 0 Å². The summed E-state index contributed by atoms with van der Waals surface area (Å²) in [6.45, 7) is 2.12. The average Bonchev–Trinajstić information content (AvgIpc) is 2.85. The lowest BCUT2D eigenvalue weighted by Gasteiger charge is -2.04. The number of H-pyrrole nitrogens is 1. The fourth-order valence-electron chi connectivity index (χ4n) is 1.97. The Bertz CT molecular complexity index is 705. The topological polar surface area (TPSA) is 54.5 Å². The lowest BCUT2D eigenvalue weighted by Crippen LogP contribution is -1.91. The minimum Gasteiger partial charge on any atom is -0.261 e. The molecule has 0 spiro atoms. The monoisotopic (exact) mass is 258 g/mol. The van der Waals surface area contributed by atoms with Crippen molar-refractivity contribution in [3.63, 3.8) is 0 Å². The van der Waals surface area contributed by atoms with Gasteiger partial charge in [0.1, 0.15) is 0 Å². The SMILES string of the molecule is CCc1cccc(-c2nc(Cl)nc3[nH]ncc23)c1. The number of aromatic nitrogens is 4. The van der Waals surface area contributed by atoms with Gasteiger partial charge in [0.2, 0.25) is 5.28 Å². The summed E-state index contributed by atoms with van der Waals surface area (Å²) < 4.78 is 0. The molecule has 1 aromatic carbocycles. The first-order chi connectivity index (χ1) is 8.78. The normalized spacial score (nSPS) is 11.0. The van der Waals surface area contributed by atoms with Crippen molar-refractivity contribution in [1.82, 2.24) is 20.2 Å². The summed E-state index contributed by atoms with van der Waals surface area (Å²) >= 11 is 5.93. The van der Waals surface area contributed by atoms with Crippen molar-refractivity contribution in [3.8, 4) is 11.3 Å². The van der Waals surface area contributed by atoms with Crippen LogP contribution in [0.4, 0.5) is 0 Å². The molecule has 2 heterocycles. The van der Waals surface area contributed by atoms with Crippen LogP contribution in [0.1, 0.15) is 12.5 Å². The van der Waals surface area contributed by atoms with Crippen LogP contribution in [0, 0.1) is 0 Å². The highest BCUT2D eigenvalue weighted by Gasteiger charge is 2.10. The van der Waals surface area contributed by atoms with Crippen molar-refractivity contribution in [3.05, 3.63) is 41.3 Å². The molecule has 0 fully saturated rings. The summed E-state index contributed by atoms with van der Waals surface area (Å²) in [4.78, 5) is 8.41. The Balaban J connectivity index is 2.26. The Kier molecular flexibility index (Phi) is 2.72. The van der Waals surface area contributed by atoms with E-state index in [1.165, 1.54) is 5.56 Å². The molecule has 0 saturated heterocycles. The van der Waals surface area contributed by atoms with Crippen molar-refractivity contribution in [1.29, 1.82) is 0 Å². The van der Waals surface area contributed by atoms with Gasteiger partial charge in [-0.05, 0) is 29.7 Å². The van der Waals surface area contributed by atoms with Gasteiger partial charge < -0.3 is 0 Å². The molecule has 3 aromatic rings. The van der Waals surface area contributed by atoms with Gasteiger partial charge in [0, 0.05) is 5.56 Å². The smallest absolute Gasteiger partial charge is 0.224 e. The van der Waals surface area contributed by atoms with Gasteiger partial charge in [0.25, 0.3) is 0 Å². The lowest BCUT2D eigenvalue weighted by atomic mass is 10.0. The molecule has 0 atom stereocenters. The predicted octanol–water partition coefficient (Wildman–Crippen LogP) is 3.24. The minimum atomic E-state index is 0.226. The van der Waals surface area contributed by atoms with E-state index in [4.69, 9.17) is 11.6 Å². The molecule has 0 saturated carbocycles. The Morgan fingerprint density at radius 2 is 2.17 bits per heavy atom. The van der Waals surface area contributed by atoms with Crippen molar-refractivity contribution < 1.29 is 0 Å². The molecule has 2 aromatic heterocycles. The van der Waals surface area contributed by atoms with Crippen molar-refractivity contribution in [2.24, 2.45) is 0 Å². The molecular formula is C13H11ClN4. The third-order valence-electron chi connectivity index (χ3n) is 2.89. The van der Waals surface area contributed by atoms with Gasteiger partial charge in [0.15, 0.2) is 5.65 Å². The predicted molar refractivity (Wildman–Crippen MR) is 71.5 cm³/mol. The first-order valence-corrected chi connectivity index (χ1v) is 6.11. The van der Waals surface area contributed by atoms with E-state index in [-0.39, 0.29) is 5.28 Å². The van der Waals surface area contributed by atoms with Crippen LogP contribution in [-0.4, -0.2) is 20.2 Å². The van der Waals surface area contributed by atoms with E-state index >= 15 is 0 Å². The molecule has 90 valence electrons. The van der Waals surface area contributed by atoms with Crippen molar-refractivity contribution in [2.75, 3.05) is 0 Å². The minimum absolute atomic E-state index is 0.226. The Labute approximate surface area is 109 Å². The Morgan fingerprint density at radius 3 is 3.00 bits per heavy atom. The first-order valence-electron chi connectivity index (χ1n) is 5.74. The molecule has 0 bridgehead atoms. The molecule has 5 heteroatoms. The van der Waals surface area contributed by atoms with Crippen molar-refractivity contribution >= 4 is 22.6 Å². The molecule has 0 aliphatic carbocycles. The number of halogens is 1. The maximum Gasteiger partial charge on any atom is 0.224 e. The second-order valence-corrected chi connectivity index (χ2v) is 4.37. The van der Waals surface area contributed by atoms with Gasteiger partial charge >= 0.3 is 0 Å². The lowest BCUT2D eigenvalue weighted by molar-refractivity contribution is 1.09. The summed E-state index contributed by atoms with van der Waals surface area (Å²) in [5.74, 6) is 0. The van der Waals surface area contributed by atoms with Gasteiger partial charge in [0.05, 0.1) is 17.3 Å². The zero-order valence-electron chi connectivity index (χ0n) is 9.81. The third kappa shape index (κ3) is 1.84. The maximum absolute atomic E-state index is 5.93. The molecular weight excluding hydrogens is 248 g/mol. The van der Waals surface area contributed by atoms with E-state index in [1.807, 2.05) is 12.1 Å². The number of fused-ring (bicyclic) bond motifs is 1. The van der Waals surface area contributed by atoms with Crippen LogP contribution in [-0.2, 0) is 6.42 Å². The largest absolute Gasteiger partial charge is 0.261 e. The number of aryl methyl sites for hydroxylation is 1. The van der Waals surface area contributed by atoms with Gasteiger partial charge in [-0.1, -0.05) is 25.1 Å². The van der Waals surface area contributed by atoms with Gasteiger partial charge in [-0.2, -0.15) is 10.1 Å². The zero-order chi connectivity index (χ0) is 12.5. The highest BCUT2D eigenvalue weighted by molar-refractivity contribution is 6.28. The number of hydrogen-bond donors (Lipinski definition) is 1. The highest BCUT2D eigenvalue weighted by atomic mass is 35.5. The Morgan fingerprint density at radius 1 is 1.28 bits per heavy atom. The molecule has 18 heavy (non-hydrogen) atoms. The fourth-order valence-corrected chi connectivity index (χ4v) is 2.14. The molecule has 4 nitrogen and oxygen atoms in total. The average molecular weight is 259 g/mol. The third-order valence-corrected chi connectivity index (χ3v) is 3.06. The zero-order valence-corrected chi connectivity index (χ0v) is 10.6. The molecule has 0 unspecified atom stereocenters. The molecule has 0 radical (unpaired) electrons. The van der Waals surface area contributed by atoms with Crippen LogP contribution >= 0.6 is 11.6 Å². The van der Waals surface area contributed by atoms with E-state index in [0.29, 0.717) is 5.65 Å². The number of nitrogens with zero attached hydrogens (tertiary/aromatic N) is 3. The van der Waals surface area contributed by atoms with E-state index in [2.05, 4.69) is 39.2 Å². The van der Waals surface area contributed by atoms with Gasteiger partial charge in [-0.15, -0.1) is 0 Å². The summed E-state index contributed by atoms with van der Waals surface area (Å²) in [5, 5.41) is 7.91. The summed E-state index contributed by atoms with van der Waals surface area (Å²) in [7, 11) is 0. The Hall–Kier alpha value is -1.94. The highest BCUT2D eigenvalue weighted by Crippen LogP contribution is 2.26. The summed E-state index contributed by atoms with van der Waals surface area (Å²) in [6, 6.07) is 8.25. The summed E-state index contributed by atoms with van der Waals surface area (Å²) in [5.41, 5.74) is 3.77. The molecule has 1 N–H and O–H groups in total.